The summed E-state index contributed by atoms with van der Waals surface area (Å²) in [6.45, 7) is 3.87. The summed E-state index contributed by atoms with van der Waals surface area (Å²) in [7, 11) is 0. The zero-order valence-corrected chi connectivity index (χ0v) is 21.2. The summed E-state index contributed by atoms with van der Waals surface area (Å²) in [6, 6.07) is 12.5. The van der Waals surface area contributed by atoms with Crippen molar-refractivity contribution in [3.8, 4) is 39.5 Å². The highest BCUT2D eigenvalue weighted by Crippen LogP contribution is 2.34. The molecule has 39 heavy (non-hydrogen) atoms. The van der Waals surface area contributed by atoms with Crippen molar-refractivity contribution < 1.29 is 9.13 Å². The van der Waals surface area contributed by atoms with Gasteiger partial charge in [-0.3, -0.25) is 25.0 Å². The van der Waals surface area contributed by atoms with E-state index in [4.69, 9.17) is 4.74 Å². The molecule has 194 valence electrons. The van der Waals surface area contributed by atoms with E-state index < -0.39 is 0 Å². The first-order valence-corrected chi connectivity index (χ1v) is 13.1. The number of fused-ring (bicyclic) bond motifs is 2. The fourth-order valence-corrected chi connectivity index (χ4v) is 5.25. The maximum absolute atomic E-state index is 13.5. The van der Waals surface area contributed by atoms with E-state index in [0.29, 0.717) is 6.61 Å². The number of hydrogen-bond acceptors (Lipinski definition) is 6. The predicted molar refractivity (Wildman–Crippen MR) is 149 cm³/mol. The van der Waals surface area contributed by atoms with Gasteiger partial charge >= 0.3 is 0 Å². The Balaban J connectivity index is 1.20. The van der Waals surface area contributed by atoms with Gasteiger partial charge in [0.1, 0.15) is 23.9 Å². The third-order valence-electron chi connectivity index (χ3n) is 7.29. The van der Waals surface area contributed by atoms with Crippen molar-refractivity contribution in [1.82, 2.24) is 35.0 Å². The van der Waals surface area contributed by atoms with Crippen molar-refractivity contribution in [3.05, 3.63) is 79.3 Å². The lowest BCUT2D eigenvalue weighted by Crippen LogP contribution is -2.25. The third-order valence-corrected chi connectivity index (χ3v) is 7.29. The molecule has 0 radical (unpaired) electrons. The number of rotatable bonds is 7. The second kappa shape index (κ2) is 9.92. The monoisotopic (exact) mass is 519 g/mol. The average molecular weight is 520 g/mol. The van der Waals surface area contributed by atoms with E-state index >= 15 is 0 Å². The normalized spacial score (nSPS) is 14.0. The van der Waals surface area contributed by atoms with Crippen LogP contribution < -0.4 is 4.74 Å². The molecule has 1 saturated heterocycles. The summed E-state index contributed by atoms with van der Waals surface area (Å²) in [4.78, 5) is 19.3. The van der Waals surface area contributed by atoms with Crippen LogP contribution in [0.5, 0.6) is 5.75 Å². The highest BCUT2D eigenvalue weighted by molar-refractivity contribution is 6.01. The summed E-state index contributed by atoms with van der Waals surface area (Å²) < 4.78 is 19.5. The number of halogens is 1. The number of pyridine rings is 3. The molecule has 6 aromatic rings. The Kier molecular flexibility index (Phi) is 5.97. The molecule has 1 aromatic carbocycles. The average Bonchev–Trinajstić information content (AvgIpc) is 3.73. The van der Waals surface area contributed by atoms with Crippen LogP contribution in [-0.4, -0.2) is 61.3 Å². The van der Waals surface area contributed by atoms with Crippen LogP contribution in [0.15, 0.2) is 73.4 Å². The number of H-pyrrole nitrogens is 2. The first-order valence-electron chi connectivity index (χ1n) is 13.1. The van der Waals surface area contributed by atoms with Gasteiger partial charge in [0.15, 0.2) is 0 Å². The Morgan fingerprint density at radius 2 is 1.69 bits per heavy atom. The molecule has 5 aromatic heterocycles. The number of nitrogens with zero attached hydrogens (tertiary/aromatic N) is 5. The highest BCUT2D eigenvalue weighted by atomic mass is 19.1. The minimum absolute atomic E-state index is 0.268. The molecule has 8 nitrogen and oxygen atoms in total. The van der Waals surface area contributed by atoms with Crippen molar-refractivity contribution in [3.63, 3.8) is 0 Å². The number of aromatic amines is 2. The summed E-state index contributed by atoms with van der Waals surface area (Å²) >= 11 is 0. The molecule has 6 heterocycles. The van der Waals surface area contributed by atoms with Crippen molar-refractivity contribution in [1.29, 1.82) is 0 Å². The molecule has 0 amide bonds. The van der Waals surface area contributed by atoms with E-state index in [9.17, 15) is 4.39 Å². The third kappa shape index (κ3) is 4.61. The summed E-state index contributed by atoms with van der Waals surface area (Å²) in [5.74, 6) is 0.466. The molecule has 0 spiro atoms. The van der Waals surface area contributed by atoms with Crippen LogP contribution in [0.4, 0.5) is 4.39 Å². The van der Waals surface area contributed by atoms with Crippen LogP contribution in [0.1, 0.15) is 12.8 Å². The van der Waals surface area contributed by atoms with E-state index in [1.165, 1.54) is 25.0 Å². The SMILES string of the molecule is Fc1ccc(-c2cncc3[nH]c(-c4n[nH]c5cnc(-c6cncc(OCCN7CCCC7)c6)cc45)cc23)cc1. The lowest BCUT2D eigenvalue weighted by Gasteiger charge is -2.15. The van der Waals surface area contributed by atoms with Crippen molar-refractivity contribution in [2.24, 2.45) is 0 Å². The van der Waals surface area contributed by atoms with Gasteiger partial charge in [-0.15, -0.1) is 0 Å². The van der Waals surface area contributed by atoms with E-state index in [2.05, 4.69) is 41.1 Å². The van der Waals surface area contributed by atoms with E-state index in [1.807, 2.05) is 12.1 Å². The number of ether oxygens (including phenoxy) is 1. The molecule has 1 aliphatic rings. The molecular weight excluding hydrogens is 493 g/mol. The zero-order valence-electron chi connectivity index (χ0n) is 21.2. The molecule has 9 heteroatoms. The Morgan fingerprint density at radius 3 is 2.56 bits per heavy atom. The van der Waals surface area contributed by atoms with Gasteiger partial charge in [0.25, 0.3) is 0 Å². The smallest absolute Gasteiger partial charge is 0.138 e. The molecule has 1 fully saturated rings. The lowest BCUT2D eigenvalue weighted by atomic mass is 10.0. The number of likely N-dealkylation sites (tertiary alicyclic amines) is 1. The van der Waals surface area contributed by atoms with Crippen LogP contribution in [0.25, 0.3) is 55.6 Å². The van der Waals surface area contributed by atoms with Gasteiger partial charge < -0.3 is 9.72 Å². The van der Waals surface area contributed by atoms with E-state index in [1.54, 1.807) is 43.1 Å². The maximum Gasteiger partial charge on any atom is 0.138 e. The van der Waals surface area contributed by atoms with Crippen molar-refractivity contribution in [2.45, 2.75) is 12.8 Å². The van der Waals surface area contributed by atoms with Gasteiger partial charge in [0, 0.05) is 40.8 Å². The van der Waals surface area contributed by atoms with E-state index in [0.717, 1.165) is 81.0 Å². The Morgan fingerprint density at radius 1 is 0.846 bits per heavy atom. The molecule has 0 saturated carbocycles. The maximum atomic E-state index is 13.5. The second-order valence-electron chi connectivity index (χ2n) is 9.83. The summed E-state index contributed by atoms with van der Waals surface area (Å²) in [6.07, 6.45) is 11.4. The fourth-order valence-electron chi connectivity index (χ4n) is 5.25. The fraction of sp³-hybridized carbons (Fsp3) is 0.200. The van der Waals surface area contributed by atoms with Gasteiger partial charge in [0.05, 0.1) is 41.0 Å². The zero-order chi connectivity index (χ0) is 26.2. The number of aromatic nitrogens is 6. The molecule has 0 unspecified atom stereocenters. The number of nitrogens with one attached hydrogen (secondary N) is 2. The highest BCUT2D eigenvalue weighted by Gasteiger charge is 2.16. The molecular formula is C30H26FN7O. The minimum atomic E-state index is -0.268. The molecule has 0 atom stereocenters. The van der Waals surface area contributed by atoms with Gasteiger partial charge in [0.2, 0.25) is 0 Å². The van der Waals surface area contributed by atoms with Gasteiger partial charge in [-0.25, -0.2) is 4.39 Å². The minimum Gasteiger partial charge on any atom is -0.491 e. The van der Waals surface area contributed by atoms with Crippen LogP contribution in [0, 0.1) is 5.82 Å². The van der Waals surface area contributed by atoms with Gasteiger partial charge in [-0.2, -0.15) is 5.10 Å². The van der Waals surface area contributed by atoms with Crippen LogP contribution in [0.2, 0.25) is 0 Å². The first kappa shape index (κ1) is 23.5. The van der Waals surface area contributed by atoms with Crippen LogP contribution >= 0.6 is 0 Å². The Labute approximate surface area is 223 Å². The van der Waals surface area contributed by atoms with Crippen molar-refractivity contribution >= 4 is 21.8 Å². The van der Waals surface area contributed by atoms with Crippen molar-refractivity contribution in [2.75, 3.05) is 26.2 Å². The molecule has 1 aliphatic heterocycles. The molecule has 0 aliphatic carbocycles. The molecule has 2 N–H and O–H groups in total. The standard InChI is InChI=1S/C30H26FN7O/c31-21-5-3-19(4-6-21)25-16-33-17-28-23(25)12-27(35-28)30-24-13-26(34-18-29(24)36-37-30)20-11-22(15-32-14-20)39-10-9-38-7-1-2-8-38/h3-6,11-18,35H,1-2,7-10H2,(H,36,37). The van der Waals surface area contributed by atoms with Gasteiger partial charge in [-0.05, 0) is 61.8 Å². The van der Waals surface area contributed by atoms with Crippen LogP contribution in [-0.2, 0) is 0 Å². The number of benzene rings is 1. The predicted octanol–water partition coefficient (Wildman–Crippen LogP) is 5.84. The Hall–Kier alpha value is -4.63. The second-order valence-corrected chi connectivity index (χ2v) is 9.83. The summed E-state index contributed by atoms with van der Waals surface area (Å²) in [5.41, 5.74) is 6.81. The van der Waals surface area contributed by atoms with Crippen LogP contribution in [0.3, 0.4) is 0 Å². The first-order chi connectivity index (χ1) is 19.2. The quantitative estimate of drug-likeness (QED) is 0.275. The van der Waals surface area contributed by atoms with E-state index in [-0.39, 0.29) is 5.82 Å². The Bertz CT molecular complexity index is 1770. The lowest BCUT2D eigenvalue weighted by molar-refractivity contribution is 0.237. The number of hydrogen-bond donors (Lipinski definition) is 2. The van der Waals surface area contributed by atoms with Gasteiger partial charge in [-0.1, -0.05) is 12.1 Å². The topological polar surface area (TPSA) is 95.6 Å². The largest absolute Gasteiger partial charge is 0.491 e. The molecule has 7 rings (SSSR count). The summed E-state index contributed by atoms with van der Waals surface area (Å²) in [5, 5.41) is 9.61. The molecule has 0 bridgehead atoms.